The molecule has 0 saturated carbocycles. The van der Waals surface area contributed by atoms with E-state index in [0.29, 0.717) is 5.56 Å². The van der Waals surface area contributed by atoms with Gasteiger partial charge in [-0.2, -0.15) is 0 Å². The average molecular weight is 257 g/mol. The van der Waals surface area contributed by atoms with Gasteiger partial charge in [0.15, 0.2) is 0 Å². The van der Waals surface area contributed by atoms with Crippen LogP contribution in [0.1, 0.15) is 12.0 Å². The Kier molecular flexibility index (Phi) is 4.62. The first kappa shape index (κ1) is 11.2. The molecule has 0 bridgehead atoms. The molecular formula is C10H13BrN2O. The molecular weight excluding hydrogens is 244 g/mol. The van der Waals surface area contributed by atoms with E-state index >= 15 is 0 Å². The van der Waals surface area contributed by atoms with Gasteiger partial charge in [-0.15, -0.1) is 0 Å². The van der Waals surface area contributed by atoms with Gasteiger partial charge in [0.1, 0.15) is 0 Å². The third-order valence-corrected chi connectivity index (χ3v) is 2.21. The molecule has 0 atom stereocenters. The average Bonchev–Trinajstić information content (AvgIpc) is 2.18. The van der Waals surface area contributed by atoms with Crippen molar-refractivity contribution in [3.8, 4) is 0 Å². The number of hydrogen-bond donors (Lipinski definition) is 2. The third kappa shape index (κ3) is 3.47. The van der Waals surface area contributed by atoms with E-state index in [9.17, 15) is 4.79 Å². The molecule has 0 aliphatic heterocycles. The van der Waals surface area contributed by atoms with Crippen LogP contribution in [0.4, 0.5) is 0 Å². The van der Waals surface area contributed by atoms with E-state index < -0.39 is 0 Å². The number of nitrogens with one attached hydrogen (secondary N) is 2. The topological polar surface area (TPSA) is 44.9 Å². The second kappa shape index (κ2) is 5.78. The number of H-pyrrole nitrogens is 1. The zero-order valence-electron chi connectivity index (χ0n) is 8.01. The highest BCUT2D eigenvalue weighted by molar-refractivity contribution is 9.10. The number of rotatable bonds is 4. The summed E-state index contributed by atoms with van der Waals surface area (Å²) in [4.78, 5) is 13.9. The molecule has 2 N–H and O–H groups in total. The number of aromatic amines is 1. The minimum Gasteiger partial charge on any atom is -0.327 e. The van der Waals surface area contributed by atoms with Crippen LogP contribution in [0.2, 0.25) is 0 Å². The molecule has 0 aliphatic rings. The third-order valence-electron chi connectivity index (χ3n) is 1.76. The summed E-state index contributed by atoms with van der Waals surface area (Å²) in [6.45, 7) is 0.919. The highest BCUT2D eigenvalue weighted by atomic mass is 79.9. The Labute approximate surface area is 91.4 Å². The first-order chi connectivity index (χ1) is 6.74. The van der Waals surface area contributed by atoms with Crippen LogP contribution in [0, 0.1) is 0 Å². The molecule has 0 radical (unpaired) electrons. The lowest BCUT2D eigenvalue weighted by Crippen LogP contribution is -2.08. The SMILES string of the molecule is CNCCC=Cc1cc(Br)c[nH]c1=O. The Bertz CT molecular complexity index is 371. The quantitative estimate of drug-likeness (QED) is 0.807. The van der Waals surface area contributed by atoms with Gasteiger partial charge in [0.05, 0.1) is 0 Å². The molecule has 0 aliphatic carbocycles. The summed E-state index contributed by atoms with van der Waals surface area (Å²) < 4.78 is 0.880. The fraction of sp³-hybridized carbons (Fsp3) is 0.300. The van der Waals surface area contributed by atoms with Crippen LogP contribution in [-0.4, -0.2) is 18.6 Å². The molecule has 3 nitrogen and oxygen atoms in total. The number of pyridine rings is 1. The van der Waals surface area contributed by atoms with Gasteiger partial charge in [0.25, 0.3) is 5.56 Å². The summed E-state index contributed by atoms with van der Waals surface area (Å²) >= 11 is 3.30. The predicted molar refractivity (Wildman–Crippen MR) is 62.3 cm³/mol. The van der Waals surface area contributed by atoms with E-state index in [2.05, 4.69) is 26.2 Å². The van der Waals surface area contributed by atoms with Crippen molar-refractivity contribution in [3.63, 3.8) is 0 Å². The van der Waals surface area contributed by atoms with Gasteiger partial charge in [-0.05, 0) is 42.0 Å². The van der Waals surface area contributed by atoms with E-state index in [1.54, 1.807) is 12.3 Å². The molecule has 1 heterocycles. The first-order valence-corrected chi connectivity index (χ1v) is 5.22. The normalized spacial score (nSPS) is 11.0. The Morgan fingerprint density at radius 1 is 1.64 bits per heavy atom. The zero-order valence-corrected chi connectivity index (χ0v) is 9.60. The predicted octanol–water partition coefficient (Wildman–Crippen LogP) is 1.76. The van der Waals surface area contributed by atoms with Gasteiger partial charge in [-0.1, -0.05) is 12.2 Å². The van der Waals surface area contributed by atoms with Crippen molar-refractivity contribution in [2.24, 2.45) is 0 Å². The van der Waals surface area contributed by atoms with Gasteiger partial charge in [-0.3, -0.25) is 4.79 Å². The largest absolute Gasteiger partial charge is 0.327 e. The summed E-state index contributed by atoms with van der Waals surface area (Å²) in [7, 11) is 1.90. The van der Waals surface area contributed by atoms with Crippen molar-refractivity contribution in [1.29, 1.82) is 0 Å². The van der Waals surface area contributed by atoms with Crippen LogP contribution in [0.5, 0.6) is 0 Å². The number of halogens is 1. The minimum absolute atomic E-state index is 0.0612. The molecule has 14 heavy (non-hydrogen) atoms. The molecule has 1 aromatic rings. The van der Waals surface area contributed by atoms with Crippen molar-refractivity contribution in [2.75, 3.05) is 13.6 Å². The van der Waals surface area contributed by atoms with Crippen LogP contribution < -0.4 is 10.9 Å². The van der Waals surface area contributed by atoms with Gasteiger partial charge < -0.3 is 10.3 Å². The summed E-state index contributed by atoms with van der Waals surface area (Å²) in [5.41, 5.74) is 0.615. The van der Waals surface area contributed by atoms with Crippen LogP contribution in [0.15, 0.2) is 27.6 Å². The molecule has 1 rings (SSSR count). The first-order valence-electron chi connectivity index (χ1n) is 4.43. The molecule has 0 aromatic carbocycles. The molecule has 1 aromatic heterocycles. The summed E-state index contributed by atoms with van der Waals surface area (Å²) in [5.74, 6) is 0. The Morgan fingerprint density at radius 3 is 3.14 bits per heavy atom. The minimum atomic E-state index is -0.0612. The van der Waals surface area contributed by atoms with Gasteiger partial charge in [-0.25, -0.2) is 0 Å². The number of hydrogen-bond acceptors (Lipinski definition) is 2. The summed E-state index contributed by atoms with van der Waals surface area (Å²) in [5, 5.41) is 3.03. The van der Waals surface area contributed by atoms with E-state index in [4.69, 9.17) is 0 Å². The molecule has 4 heteroatoms. The lowest BCUT2D eigenvalue weighted by atomic mass is 10.2. The Morgan fingerprint density at radius 2 is 2.43 bits per heavy atom. The summed E-state index contributed by atoms with van der Waals surface area (Å²) in [6.07, 6.45) is 6.37. The van der Waals surface area contributed by atoms with Crippen LogP contribution in [-0.2, 0) is 0 Å². The molecule has 0 fully saturated rings. The molecule has 0 saturated heterocycles. The lowest BCUT2D eigenvalue weighted by molar-refractivity contribution is 0.809. The van der Waals surface area contributed by atoms with Crippen LogP contribution >= 0.6 is 15.9 Å². The van der Waals surface area contributed by atoms with Crippen molar-refractivity contribution >= 4 is 22.0 Å². The number of aromatic nitrogens is 1. The molecule has 0 amide bonds. The lowest BCUT2D eigenvalue weighted by Gasteiger charge is -1.94. The van der Waals surface area contributed by atoms with Gasteiger partial charge in [0.2, 0.25) is 0 Å². The van der Waals surface area contributed by atoms with E-state index in [0.717, 1.165) is 17.4 Å². The molecule has 0 unspecified atom stereocenters. The highest BCUT2D eigenvalue weighted by Crippen LogP contribution is 2.07. The maximum absolute atomic E-state index is 11.3. The van der Waals surface area contributed by atoms with Crippen molar-refractivity contribution < 1.29 is 0 Å². The van der Waals surface area contributed by atoms with Crippen molar-refractivity contribution in [1.82, 2.24) is 10.3 Å². The maximum atomic E-state index is 11.3. The Hall–Kier alpha value is -0.870. The monoisotopic (exact) mass is 256 g/mol. The van der Waals surface area contributed by atoms with Crippen molar-refractivity contribution in [3.05, 3.63) is 38.7 Å². The van der Waals surface area contributed by atoms with Crippen molar-refractivity contribution in [2.45, 2.75) is 6.42 Å². The van der Waals surface area contributed by atoms with E-state index in [-0.39, 0.29) is 5.56 Å². The van der Waals surface area contributed by atoms with Crippen LogP contribution in [0.3, 0.4) is 0 Å². The van der Waals surface area contributed by atoms with E-state index in [1.165, 1.54) is 0 Å². The summed E-state index contributed by atoms with van der Waals surface area (Å²) in [6, 6.07) is 1.80. The second-order valence-corrected chi connectivity index (χ2v) is 3.81. The van der Waals surface area contributed by atoms with Crippen LogP contribution in [0.25, 0.3) is 6.08 Å². The highest BCUT2D eigenvalue weighted by Gasteiger charge is 1.94. The molecule has 0 spiro atoms. The fourth-order valence-corrected chi connectivity index (χ4v) is 1.40. The zero-order chi connectivity index (χ0) is 10.4. The second-order valence-electron chi connectivity index (χ2n) is 2.90. The maximum Gasteiger partial charge on any atom is 0.255 e. The standard InChI is InChI=1S/C10H13BrN2O/c1-12-5-3-2-4-8-6-9(11)7-13-10(8)14/h2,4,6-7,12H,3,5H2,1H3,(H,13,14). The van der Waals surface area contributed by atoms with Gasteiger partial charge in [0, 0.05) is 16.2 Å². The van der Waals surface area contributed by atoms with Gasteiger partial charge >= 0.3 is 0 Å². The molecule has 76 valence electrons. The smallest absolute Gasteiger partial charge is 0.255 e. The fourth-order valence-electron chi connectivity index (χ4n) is 1.04. The Balaban J connectivity index is 2.71. The van der Waals surface area contributed by atoms with E-state index in [1.807, 2.05) is 19.2 Å².